The molecular weight excluding hydrogens is 399 g/mol. The van der Waals surface area contributed by atoms with Crippen molar-refractivity contribution in [2.24, 2.45) is 0 Å². The van der Waals surface area contributed by atoms with E-state index in [2.05, 4.69) is 4.74 Å². The fourth-order valence-corrected chi connectivity index (χ4v) is 4.07. The minimum atomic E-state index is -4.42. The lowest BCUT2D eigenvalue weighted by Crippen LogP contribution is -2.36. The summed E-state index contributed by atoms with van der Waals surface area (Å²) in [6.07, 6.45) is 0. The van der Waals surface area contributed by atoms with Gasteiger partial charge in [-0.15, -0.1) is 0 Å². The number of carbonyl (C=O) groups is 1. The van der Waals surface area contributed by atoms with Gasteiger partial charge in [0, 0.05) is 11.1 Å². The molecule has 0 atom stereocenters. The van der Waals surface area contributed by atoms with Crippen LogP contribution in [-0.4, -0.2) is 28.0 Å². The Hall–Kier alpha value is -1.90. The summed E-state index contributed by atoms with van der Waals surface area (Å²) in [5.41, 5.74) is -0.277. The van der Waals surface area contributed by atoms with Gasteiger partial charge in [0.25, 0.3) is 10.0 Å². The first-order chi connectivity index (χ1) is 11.7. The van der Waals surface area contributed by atoms with E-state index in [1.165, 1.54) is 12.1 Å². The van der Waals surface area contributed by atoms with Crippen molar-refractivity contribution in [3.05, 3.63) is 58.1 Å². The van der Waals surface area contributed by atoms with Crippen LogP contribution in [0.5, 0.6) is 0 Å². The van der Waals surface area contributed by atoms with Gasteiger partial charge in [0.15, 0.2) is 11.6 Å². The second-order valence-corrected chi connectivity index (χ2v) is 7.44. The number of sulfonamides is 1. The number of halogens is 4. The maximum atomic E-state index is 13.5. The number of hydrogen-bond donors (Lipinski definition) is 0. The lowest BCUT2D eigenvalue weighted by Gasteiger charge is -2.24. The van der Waals surface area contributed by atoms with E-state index in [9.17, 15) is 22.0 Å². The van der Waals surface area contributed by atoms with Crippen molar-refractivity contribution in [3.8, 4) is 0 Å². The number of hydrogen-bond acceptors (Lipinski definition) is 4. The number of anilines is 1. The van der Waals surface area contributed by atoms with Crippen LogP contribution in [0.3, 0.4) is 0 Å². The summed E-state index contributed by atoms with van der Waals surface area (Å²) in [5.74, 6) is -3.36. The molecule has 0 radical (unpaired) electrons. The van der Waals surface area contributed by atoms with Gasteiger partial charge in [-0.05, 0) is 30.3 Å². The Balaban J connectivity index is 2.63. The molecule has 0 amide bonds. The molecule has 0 aliphatic carbocycles. The second-order valence-electron chi connectivity index (χ2n) is 4.76. The van der Waals surface area contributed by atoms with Crippen LogP contribution >= 0.6 is 23.2 Å². The molecule has 5 nitrogen and oxygen atoms in total. The van der Waals surface area contributed by atoms with E-state index in [1.54, 1.807) is 0 Å². The van der Waals surface area contributed by atoms with Crippen molar-refractivity contribution in [1.29, 1.82) is 0 Å². The van der Waals surface area contributed by atoms with Crippen LogP contribution in [0.4, 0.5) is 14.5 Å². The zero-order valence-electron chi connectivity index (χ0n) is 12.7. The molecule has 25 heavy (non-hydrogen) atoms. The molecule has 0 N–H and O–H groups in total. The molecule has 0 spiro atoms. The van der Waals surface area contributed by atoms with Gasteiger partial charge in [-0.2, -0.15) is 0 Å². The van der Waals surface area contributed by atoms with E-state index >= 15 is 0 Å². The first-order valence-corrected chi connectivity index (χ1v) is 8.86. The van der Waals surface area contributed by atoms with Crippen molar-refractivity contribution in [3.63, 3.8) is 0 Å². The minimum absolute atomic E-state index is 0.0891. The normalized spacial score (nSPS) is 11.2. The lowest BCUT2D eigenvalue weighted by molar-refractivity contribution is -0.138. The number of methoxy groups -OCH3 is 1. The summed E-state index contributed by atoms with van der Waals surface area (Å²) in [6, 6.07) is 6.13. The predicted molar refractivity (Wildman–Crippen MR) is 89.4 cm³/mol. The van der Waals surface area contributed by atoms with Crippen LogP contribution in [-0.2, 0) is 19.6 Å². The Labute approximate surface area is 152 Å². The van der Waals surface area contributed by atoms with Gasteiger partial charge in [0.1, 0.15) is 11.4 Å². The monoisotopic (exact) mass is 409 g/mol. The number of benzene rings is 2. The molecule has 134 valence electrons. The topological polar surface area (TPSA) is 63.7 Å². The average Bonchev–Trinajstić information content (AvgIpc) is 2.57. The molecule has 0 saturated carbocycles. The maximum Gasteiger partial charge on any atom is 0.326 e. The van der Waals surface area contributed by atoms with Gasteiger partial charge >= 0.3 is 5.97 Å². The van der Waals surface area contributed by atoms with Crippen LogP contribution in [0.15, 0.2) is 41.3 Å². The first-order valence-electron chi connectivity index (χ1n) is 6.66. The minimum Gasteiger partial charge on any atom is -0.468 e. The van der Waals surface area contributed by atoms with Crippen molar-refractivity contribution >= 4 is 44.9 Å². The smallest absolute Gasteiger partial charge is 0.326 e. The van der Waals surface area contributed by atoms with Crippen molar-refractivity contribution in [1.82, 2.24) is 0 Å². The molecule has 2 rings (SSSR count). The molecule has 2 aromatic carbocycles. The van der Waals surface area contributed by atoms with Crippen LogP contribution in [0, 0.1) is 11.6 Å². The Bertz CT molecular complexity index is 922. The van der Waals surface area contributed by atoms with Gasteiger partial charge in [-0.25, -0.2) is 17.2 Å². The highest BCUT2D eigenvalue weighted by atomic mass is 35.5. The van der Waals surface area contributed by atoms with Crippen LogP contribution < -0.4 is 4.31 Å². The third-order valence-electron chi connectivity index (χ3n) is 3.15. The summed E-state index contributed by atoms with van der Waals surface area (Å²) >= 11 is 11.7. The van der Waals surface area contributed by atoms with Crippen molar-refractivity contribution in [2.75, 3.05) is 18.0 Å². The lowest BCUT2D eigenvalue weighted by atomic mass is 10.3. The highest BCUT2D eigenvalue weighted by molar-refractivity contribution is 7.93. The molecule has 0 heterocycles. The zero-order chi connectivity index (χ0) is 18.8. The number of ether oxygens (including phenoxy) is 1. The Morgan fingerprint density at radius 1 is 1.12 bits per heavy atom. The highest BCUT2D eigenvalue weighted by Gasteiger charge is 2.30. The molecule has 2 aromatic rings. The quantitative estimate of drug-likeness (QED) is 0.707. The first kappa shape index (κ1) is 19.4. The summed E-state index contributed by atoms with van der Waals surface area (Å²) in [6.45, 7) is -0.771. The third kappa shape index (κ3) is 4.20. The average molecular weight is 410 g/mol. The van der Waals surface area contributed by atoms with Gasteiger partial charge in [0.2, 0.25) is 0 Å². The molecule has 0 aromatic heterocycles. The summed E-state index contributed by atoms with van der Waals surface area (Å²) in [4.78, 5) is 11.2. The van der Waals surface area contributed by atoms with E-state index in [4.69, 9.17) is 23.2 Å². The summed E-state index contributed by atoms with van der Waals surface area (Å²) < 4.78 is 57.5. The third-order valence-corrected chi connectivity index (χ3v) is 5.64. The van der Waals surface area contributed by atoms with Gasteiger partial charge in [-0.1, -0.05) is 23.2 Å². The molecule has 0 bridgehead atoms. The Morgan fingerprint density at radius 3 is 2.40 bits per heavy atom. The molecule has 0 fully saturated rings. The molecular formula is C15H11Cl2F2NO4S. The standard InChI is InChI=1S/C15H11Cl2F2NO4S/c1-24-15(21)8-20(10-3-5-12(18)13(19)7-10)25(22,23)14-6-9(16)2-4-11(14)17/h2-7H,8H2,1H3. The molecule has 10 heteroatoms. The largest absolute Gasteiger partial charge is 0.468 e. The van der Waals surface area contributed by atoms with Crippen LogP contribution in [0.25, 0.3) is 0 Å². The summed E-state index contributed by atoms with van der Waals surface area (Å²) in [7, 11) is -3.35. The second kappa shape index (κ2) is 7.55. The zero-order valence-corrected chi connectivity index (χ0v) is 15.0. The Morgan fingerprint density at radius 2 is 1.80 bits per heavy atom. The number of rotatable bonds is 5. The summed E-state index contributed by atoms with van der Waals surface area (Å²) in [5, 5.41) is -0.0619. The van der Waals surface area contributed by atoms with Gasteiger partial charge in [-0.3, -0.25) is 9.10 Å². The van der Waals surface area contributed by atoms with E-state index in [-0.39, 0.29) is 15.7 Å². The molecule has 0 aliphatic heterocycles. The molecule has 0 aliphatic rings. The fourth-order valence-electron chi connectivity index (χ4n) is 1.93. The van der Waals surface area contributed by atoms with Crippen molar-refractivity contribution < 1.29 is 26.7 Å². The van der Waals surface area contributed by atoms with Crippen LogP contribution in [0.2, 0.25) is 10.0 Å². The van der Waals surface area contributed by atoms with E-state index in [0.29, 0.717) is 10.4 Å². The van der Waals surface area contributed by atoms with Gasteiger partial charge in [0.05, 0.1) is 17.8 Å². The highest BCUT2D eigenvalue weighted by Crippen LogP contribution is 2.31. The number of carbonyl (C=O) groups excluding carboxylic acids is 1. The van der Waals surface area contributed by atoms with E-state index in [1.807, 2.05) is 0 Å². The van der Waals surface area contributed by atoms with E-state index in [0.717, 1.165) is 25.3 Å². The number of esters is 1. The van der Waals surface area contributed by atoms with E-state index < -0.39 is 39.1 Å². The van der Waals surface area contributed by atoms with Gasteiger partial charge < -0.3 is 4.74 Å². The predicted octanol–water partition coefficient (Wildman–Crippen LogP) is 3.64. The Kier molecular flexibility index (Phi) is 5.87. The number of nitrogens with zero attached hydrogens (tertiary/aromatic N) is 1. The molecule has 0 saturated heterocycles. The molecule has 0 unspecified atom stereocenters. The van der Waals surface area contributed by atoms with Crippen LogP contribution in [0.1, 0.15) is 0 Å². The maximum absolute atomic E-state index is 13.5. The van der Waals surface area contributed by atoms with Crippen molar-refractivity contribution in [2.45, 2.75) is 4.90 Å². The fraction of sp³-hybridized carbons (Fsp3) is 0.133. The SMILES string of the molecule is COC(=O)CN(c1ccc(F)c(F)c1)S(=O)(=O)c1cc(Cl)ccc1Cl.